The summed E-state index contributed by atoms with van der Waals surface area (Å²) in [6.07, 6.45) is 4.05. The van der Waals surface area contributed by atoms with Gasteiger partial charge in [-0.05, 0) is 12.1 Å². The number of pyridine rings is 1. The zero-order valence-electron chi connectivity index (χ0n) is 12.1. The number of aromatic nitrogens is 4. The summed E-state index contributed by atoms with van der Waals surface area (Å²) in [5, 5.41) is 12.2. The van der Waals surface area contributed by atoms with Crippen LogP contribution in [-0.4, -0.2) is 31.4 Å². The number of nitrogens with zero attached hydrogens (tertiary/aromatic N) is 4. The first-order chi connectivity index (χ1) is 10.6. The number of hydrogen-bond acceptors (Lipinski definition) is 5. The minimum atomic E-state index is -0.161. The number of allylic oxidation sites excluding steroid dienone is 1. The molecule has 2 aromatic rings. The Hall–Kier alpha value is -1.86. The van der Waals surface area contributed by atoms with E-state index in [-0.39, 0.29) is 11.7 Å². The molecule has 116 valence electrons. The third-order valence-electron chi connectivity index (χ3n) is 2.75. The fraction of sp³-hybridized carbons (Fsp3) is 0.286. The van der Waals surface area contributed by atoms with Gasteiger partial charge >= 0.3 is 0 Å². The van der Waals surface area contributed by atoms with Crippen LogP contribution in [0.3, 0.4) is 0 Å². The normalized spacial score (nSPS) is 10.5. The summed E-state index contributed by atoms with van der Waals surface area (Å²) in [7, 11) is 0. The number of thioether (sulfide) groups is 1. The highest BCUT2D eigenvalue weighted by molar-refractivity contribution is 7.99. The van der Waals surface area contributed by atoms with Crippen molar-refractivity contribution in [2.75, 3.05) is 11.1 Å². The lowest BCUT2D eigenvalue weighted by molar-refractivity contribution is -0.113. The molecule has 1 N–H and O–H groups in total. The number of halogens is 1. The minimum Gasteiger partial charge on any atom is -0.310 e. The molecule has 0 aliphatic heterocycles. The maximum Gasteiger partial charge on any atom is 0.236 e. The second-order valence-corrected chi connectivity index (χ2v) is 5.73. The number of hydrogen-bond donors (Lipinski definition) is 1. The summed E-state index contributed by atoms with van der Waals surface area (Å²) in [5.41, 5.74) is 0. The Morgan fingerprint density at radius 1 is 1.50 bits per heavy atom. The van der Waals surface area contributed by atoms with E-state index in [9.17, 15) is 4.79 Å². The van der Waals surface area contributed by atoms with Crippen molar-refractivity contribution in [2.45, 2.75) is 25.0 Å². The molecular weight excluding hydrogens is 322 g/mol. The Morgan fingerprint density at radius 3 is 2.95 bits per heavy atom. The van der Waals surface area contributed by atoms with Crippen LogP contribution in [-0.2, 0) is 17.8 Å². The maximum absolute atomic E-state index is 11.9. The molecule has 0 fully saturated rings. The van der Waals surface area contributed by atoms with E-state index in [0.717, 1.165) is 12.2 Å². The van der Waals surface area contributed by atoms with Crippen LogP contribution in [0, 0.1) is 0 Å². The Kier molecular flexibility index (Phi) is 5.97. The predicted molar refractivity (Wildman–Crippen MR) is 88.2 cm³/mol. The summed E-state index contributed by atoms with van der Waals surface area (Å²) in [6.45, 7) is 6.36. The molecule has 6 nitrogen and oxygen atoms in total. The smallest absolute Gasteiger partial charge is 0.236 e. The summed E-state index contributed by atoms with van der Waals surface area (Å²) < 4.78 is 1.95. The van der Waals surface area contributed by atoms with Crippen molar-refractivity contribution >= 4 is 35.1 Å². The Balaban J connectivity index is 1.94. The SMILES string of the molecule is C=CCn1c(CC)nnc1SCC(=O)Nc1ccc(Cl)cn1. The number of carbonyl (C=O) groups is 1. The van der Waals surface area contributed by atoms with Crippen LogP contribution in [0.2, 0.25) is 5.02 Å². The molecule has 2 heterocycles. The lowest BCUT2D eigenvalue weighted by Crippen LogP contribution is -2.15. The Labute approximate surface area is 138 Å². The first-order valence-corrected chi connectivity index (χ1v) is 8.07. The number of rotatable bonds is 7. The van der Waals surface area contributed by atoms with Crippen LogP contribution in [0.4, 0.5) is 5.82 Å². The van der Waals surface area contributed by atoms with Gasteiger partial charge in [0.25, 0.3) is 0 Å². The van der Waals surface area contributed by atoms with E-state index < -0.39 is 0 Å². The average Bonchev–Trinajstić information content (AvgIpc) is 2.90. The fourth-order valence-corrected chi connectivity index (χ4v) is 2.64. The molecule has 22 heavy (non-hydrogen) atoms. The molecule has 0 saturated heterocycles. The second-order valence-electron chi connectivity index (χ2n) is 4.35. The van der Waals surface area contributed by atoms with E-state index in [1.807, 2.05) is 11.5 Å². The maximum atomic E-state index is 11.9. The fourth-order valence-electron chi connectivity index (χ4n) is 1.76. The van der Waals surface area contributed by atoms with E-state index in [0.29, 0.717) is 22.5 Å². The molecule has 2 rings (SSSR count). The van der Waals surface area contributed by atoms with Crippen LogP contribution in [0.15, 0.2) is 36.1 Å². The van der Waals surface area contributed by atoms with Crippen LogP contribution in [0.5, 0.6) is 0 Å². The lowest BCUT2D eigenvalue weighted by Gasteiger charge is -2.06. The van der Waals surface area contributed by atoms with Crippen LogP contribution in [0.25, 0.3) is 0 Å². The van der Waals surface area contributed by atoms with Gasteiger partial charge in [-0.2, -0.15) is 0 Å². The molecule has 0 atom stereocenters. The number of amides is 1. The molecule has 0 bridgehead atoms. The van der Waals surface area contributed by atoms with E-state index in [1.54, 1.807) is 18.2 Å². The van der Waals surface area contributed by atoms with Crippen LogP contribution in [0.1, 0.15) is 12.7 Å². The summed E-state index contributed by atoms with van der Waals surface area (Å²) in [5.74, 6) is 1.41. The molecule has 0 aromatic carbocycles. The third kappa shape index (κ3) is 4.32. The molecule has 0 unspecified atom stereocenters. The molecule has 0 aliphatic carbocycles. The van der Waals surface area contributed by atoms with Crippen molar-refractivity contribution in [1.82, 2.24) is 19.7 Å². The van der Waals surface area contributed by atoms with Crippen molar-refractivity contribution in [3.63, 3.8) is 0 Å². The van der Waals surface area contributed by atoms with Gasteiger partial charge in [-0.3, -0.25) is 4.79 Å². The Morgan fingerprint density at radius 2 is 2.32 bits per heavy atom. The quantitative estimate of drug-likeness (QED) is 0.621. The van der Waals surface area contributed by atoms with E-state index in [2.05, 4.69) is 27.1 Å². The van der Waals surface area contributed by atoms with Crippen molar-refractivity contribution in [3.05, 3.63) is 41.8 Å². The molecular formula is C14H16ClN5OS. The van der Waals surface area contributed by atoms with Gasteiger partial charge in [0.2, 0.25) is 5.91 Å². The van der Waals surface area contributed by atoms with Gasteiger partial charge in [0.05, 0.1) is 10.8 Å². The van der Waals surface area contributed by atoms with E-state index in [1.165, 1.54) is 18.0 Å². The largest absolute Gasteiger partial charge is 0.310 e. The highest BCUT2D eigenvalue weighted by atomic mass is 35.5. The highest BCUT2D eigenvalue weighted by Gasteiger charge is 2.12. The molecule has 8 heteroatoms. The van der Waals surface area contributed by atoms with Crippen LogP contribution < -0.4 is 5.32 Å². The zero-order valence-corrected chi connectivity index (χ0v) is 13.7. The summed E-state index contributed by atoms with van der Waals surface area (Å²) in [6, 6.07) is 3.33. The van der Waals surface area contributed by atoms with Crippen molar-refractivity contribution in [3.8, 4) is 0 Å². The highest BCUT2D eigenvalue weighted by Crippen LogP contribution is 2.18. The van der Waals surface area contributed by atoms with E-state index in [4.69, 9.17) is 11.6 Å². The van der Waals surface area contributed by atoms with Gasteiger partial charge in [-0.15, -0.1) is 16.8 Å². The van der Waals surface area contributed by atoms with Gasteiger partial charge < -0.3 is 9.88 Å². The molecule has 0 saturated carbocycles. The predicted octanol–water partition coefficient (Wildman–Crippen LogP) is 2.81. The van der Waals surface area contributed by atoms with Gasteiger partial charge in [0.1, 0.15) is 11.6 Å². The number of aryl methyl sites for hydroxylation is 1. The standard InChI is InChI=1S/C14H16ClN5OS/c1-3-7-20-12(4-2)18-19-14(20)22-9-13(21)17-11-6-5-10(15)8-16-11/h3,5-6,8H,1,4,7,9H2,2H3,(H,16,17,21). The monoisotopic (exact) mass is 337 g/mol. The number of nitrogens with one attached hydrogen (secondary N) is 1. The van der Waals surface area contributed by atoms with Gasteiger partial charge in [0.15, 0.2) is 5.16 Å². The third-order valence-corrected chi connectivity index (χ3v) is 3.94. The van der Waals surface area contributed by atoms with Crippen molar-refractivity contribution < 1.29 is 4.79 Å². The summed E-state index contributed by atoms with van der Waals surface area (Å²) in [4.78, 5) is 16.0. The first kappa shape index (κ1) is 16.5. The molecule has 1 amide bonds. The number of anilines is 1. The van der Waals surface area contributed by atoms with Gasteiger partial charge in [-0.1, -0.05) is 36.4 Å². The topological polar surface area (TPSA) is 72.7 Å². The van der Waals surface area contributed by atoms with Gasteiger partial charge in [0, 0.05) is 19.2 Å². The minimum absolute atomic E-state index is 0.161. The molecule has 0 aliphatic rings. The van der Waals surface area contributed by atoms with E-state index >= 15 is 0 Å². The average molecular weight is 338 g/mol. The summed E-state index contributed by atoms with van der Waals surface area (Å²) >= 11 is 7.08. The number of carbonyl (C=O) groups excluding carboxylic acids is 1. The zero-order chi connectivity index (χ0) is 15.9. The lowest BCUT2D eigenvalue weighted by atomic mass is 10.4. The second kappa shape index (κ2) is 7.95. The van der Waals surface area contributed by atoms with Crippen molar-refractivity contribution in [2.24, 2.45) is 0 Å². The molecule has 2 aromatic heterocycles. The first-order valence-electron chi connectivity index (χ1n) is 6.71. The Bertz CT molecular complexity index is 656. The van der Waals surface area contributed by atoms with Crippen molar-refractivity contribution in [1.29, 1.82) is 0 Å². The molecule has 0 radical (unpaired) electrons. The van der Waals surface area contributed by atoms with Crippen LogP contribution >= 0.6 is 23.4 Å². The van der Waals surface area contributed by atoms with Gasteiger partial charge in [-0.25, -0.2) is 4.98 Å². The molecule has 0 spiro atoms.